The van der Waals surface area contributed by atoms with Crippen molar-refractivity contribution in [3.63, 3.8) is 0 Å². The molecule has 6 nitrogen and oxygen atoms in total. The molecule has 0 bridgehead atoms. The highest BCUT2D eigenvalue weighted by Crippen LogP contribution is 2.12. The molecule has 2 N–H and O–H groups in total. The summed E-state index contributed by atoms with van der Waals surface area (Å²) < 4.78 is 1.69. The third kappa shape index (κ3) is 1.78. The maximum Gasteiger partial charge on any atom is 0.207 e. The minimum atomic E-state index is 0.412. The number of nitrogens with two attached hydrogens (primary N) is 1. The van der Waals surface area contributed by atoms with Gasteiger partial charge < -0.3 is 5.73 Å². The fourth-order valence-electron chi connectivity index (χ4n) is 1.31. The third-order valence-electron chi connectivity index (χ3n) is 2.02. The Kier molecular flexibility index (Phi) is 2.57. The minimum absolute atomic E-state index is 0.412. The molecule has 0 saturated carbocycles. The maximum absolute atomic E-state index is 5.73. The molecule has 0 amide bonds. The molecule has 2 aromatic heterocycles. The molecular weight excluding hydrogens is 192 g/mol. The van der Waals surface area contributed by atoms with E-state index in [2.05, 4.69) is 33.3 Å². The minimum Gasteiger partial charge on any atom is -0.382 e. The second kappa shape index (κ2) is 4.04. The van der Waals surface area contributed by atoms with Crippen LogP contribution < -0.4 is 5.73 Å². The van der Waals surface area contributed by atoms with Gasteiger partial charge in [0, 0.05) is 0 Å². The van der Waals surface area contributed by atoms with E-state index in [0.717, 1.165) is 6.42 Å². The summed E-state index contributed by atoms with van der Waals surface area (Å²) in [6.07, 6.45) is 6.46. The number of nitrogens with zero attached hydrogens (tertiary/aromatic N) is 5. The van der Waals surface area contributed by atoms with Gasteiger partial charge in [0.2, 0.25) is 5.65 Å². The van der Waals surface area contributed by atoms with Crippen LogP contribution >= 0.6 is 0 Å². The number of rotatable bonds is 3. The number of hydrogen-bond donors (Lipinski definition) is 1. The van der Waals surface area contributed by atoms with Crippen LogP contribution in [0.25, 0.3) is 11.2 Å². The van der Waals surface area contributed by atoms with E-state index in [1.165, 1.54) is 6.33 Å². The van der Waals surface area contributed by atoms with Crippen LogP contribution in [0.15, 0.2) is 18.5 Å². The van der Waals surface area contributed by atoms with Gasteiger partial charge in [-0.25, -0.2) is 14.6 Å². The Balaban J connectivity index is 2.39. The predicted molar refractivity (Wildman–Crippen MR) is 57.0 cm³/mol. The Bertz CT molecular complexity index is 486. The van der Waals surface area contributed by atoms with Gasteiger partial charge in [-0.05, 0) is 6.42 Å². The molecule has 0 atom stereocenters. The second-order valence-corrected chi connectivity index (χ2v) is 3.08. The van der Waals surface area contributed by atoms with Crippen molar-refractivity contribution in [2.75, 3.05) is 5.73 Å². The van der Waals surface area contributed by atoms with Crippen LogP contribution in [0.4, 0.5) is 5.82 Å². The molecule has 2 rings (SSSR count). The molecule has 0 saturated heterocycles. The van der Waals surface area contributed by atoms with E-state index in [4.69, 9.17) is 5.73 Å². The summed E-state index contributed by atoms with van der Waals surface area (Å²) in [5.74, 6) is 0.412. The van der Waals surface area contributed by atoms with Crippen LogP contribution in [0, 0.1) is 0 Å². The Hall–Kier alpha value is -1.98. The van der Waals surface area contributed by atoms with Crippen LogP contribution in [0.2, 0.25) is 0 Å². The lowest BCUT2D eigenvalue weighted by atomic mass is 10.4. The molecule has 2 heterocycles. The fraction of sp³-hybridized carbons (Fsp3) is 0.333. The summed E-state index contributed by atoms with van der Waals surface area (Å²) in [5, 5.41) is 7.87. The second-order valence-electron chi connectivity index (χ2n) is 3.08. The zero-order valence-electron chi connectivity index (χ0n) is 8.46. The highest BCUT2D eigenvalue weighted by Gasteiger charge is 2.07. The van der Waals surface area contributed by atoms with Gasteiger partial charge in [-0.1, -0.05) is 24.3 Å². The van der Waals surface area contributed by atoms with Crippen molar-refractivity contribution in [1.82, 2.24) is 25.0 Å². The van der Waals surface area contributed by atoms with E-state index in [0.29, 0.717) is 23.5 Å². The van der Waals surface area contributed by atoms with Gasteiger partial charge in [-0.15, -0.1) is 5.10 Å². The molecule has 0 aliphatic heterocycles. The lowest BCUT2D eigenvalue weighted by Gasteiger charge is -1.98. The molecule has 0 radical (unpaired) electrons. The molecule has 6 heteroatoms. The topological polar surface area (TPSA) is 82.5 Å². The number of aromatic nitrogens is 5. The van der Waals surface area contributed by atoms with E-state index in [1.54, 1.807) is 4.68 Å². The number of allylic oxidation sites excluding steroid dienone is 2. The number of anilines is 1. The Labute approximate surface area is 86.8 Å². The highest BCUT2D eigenvalue weighted by molar-refractivity contribution is 5.80. The van der Waals surface area contributed by atoms with Crippen LogP contribution in [-0.2, 0) is 6.54 Å². The zero-order valence-corrected chi connectivity index (χ0v) is 8.46. The summed E-state index contributed by atoms with van der Waals surface area (Å²) in [4.78, 5) is 7.89. The SMILES string of the molecule is CC/C=C\Cn1nnc2ncnc(N)c21. The molecule has 15 heavy (non-hydrogen) atoms. The van der Waals surface area contributed by atoms with Crippen molar-refractivity contribution in [3.05, 3.63) is 18.5 Å². The summed E-state index contributed by atoms with van der Waals surface area (Å²) in [7, 11) is 0. The normalized spacial score (nSPS) is 11.5. The smallest absolute Gasteiger partial charge is 0.207 e. The number of nitrogen functional groups attached to an aromatic ring is 1. The molecule has 0 spiro atoms. The first-order valence-electron chi connectivity index (χ1n) is 4.77. The van der Waals surface area contributed by atoms with Crippen molar-refractivity contribution < 1.29 is 0 Å². The zero-order chi connectivity index (χ0) is 10.7. The third-order valence-corrected chi connectivity index (χ3v) is 2.02. The molecule has 0 unspecified atom stereocenters. The van der Waals surface area contributed by atoms with Crippen molar-refractivity contribution >= 4 is 17.0 Å². The van der Waals surface area contributed by atoms with Gasteiger partial charge in [0.15, 0.2) is 11.3 Å². The molecule has 2 aromatic rings. The maximum atomic E-state index is 5.73. The summed E-state index contributed by atoms with van der Waals surface area (Å²) in [6, 6.07) is 0. The summed E-state index contributed by atoms with van der Waals surface area (Å²) in [6.45, 7) is 2.72. The van der Waals surface area contributed by atoms with Crippen LogP contribution in [-0.4, -0.2) is 25.0 Å². The predicted octanol–water partition coefficient (Wildman–Crippen LogP) is 0.770. The van der Waals surface area contributed by atoms with E-state index in [9.17, 15) is 0 Å². The van der Waals surface area contributed by atoms with E-state index in [1.807, 2.05) is 6.08 Å². The Morgan fingerprint density at radius 1 is 1.40 bits per heavy atom. The fourth-order valence-corrected chi connectivity index (χ4v) is 1.31. The lowest BCUT2D eigenvalue weighted by Crippen LogP contribution is -2.01. The average molecular weight is 204 g/mol. The van der Waals surface area contributed by atoms with Gasteiger partial charge in [-0.2, -0.15) is 0 Å². The van der Waals surface area contributed by atoms with Gasteiger partial charge in [-0.3, -0.25) is 0 Å². The first kappa shape index (κ1) is 9.57. The van der Waals surface area contributed by atoms with Crippen LogP contribution in [0.5, 0.6) is 0 Å². The van der Waals surface area contributed by atoms with Crippen molar-refractivity contribution in [3.8, 4) is 0 Å². The van der Waals surface area contributed by atoms with E-state index < -0.39 is 0 Å². The van der Waals surface area contributed by atoms with E-state index in [-0.39, 0.29) is 0 Å². The average Bonchev–Trinajstić information content (AvgIpc) is 2.63. The molecule has 0 fully saturated rings. The van der Waals surface area contributed by atoms with Crippen LogP contribution in [0.3, 0.4) is 0 Å². The standard InChI is InChI=1S/C9H12N6/c1-2-3-4-5-15-7-8(10)11-6-12-9(7)13-14-15/h3-4,6H,2,5H2,1H3,(H2,10,11,12)/b4-3-. The largest absolute Gasteiger partial charge is 0.382 e. The molecule has 78 valence electrons. The summed E-state index contributed by atoms with van der Waals surface area (Å²) in [5.41, 5.74) is 6.96. The molecular formula is C9H12N6. The van der Waals surface area contributed by atoms with Crippen molar-refractivity contribution in [2.24, 2.45) is 0 Å². The van der Waals surface area contributed by atoms with Gasteiger partial charge in [0.05, 0.1) is 6.54 Å². The Morgan fingerprint density at radius 2 is 2.27 bits per heavy atom. The van der Waals surface area contributed by atoms with Gasteiger partial charge in [0.1, 0.15) is 6.33 Å². The van der Waals surface area contributed by atoms with Crippen molar-refractivity contribution in [2.45, 2.75) is 19.9 Å². The van der Waals surface area contributed by atoms with Gasteiger partial charge in [0.25, 0.3) is 0 Å². The molecule has 0 aliphatic carbocycles. The summed E-state index contributed by atoms with van der Waals surface area (Å²) >= 11 is 0. The highest BCUT2D eigenvalue weighted by atomic mass is 15.4. The monoisotopic (exact) mass is 204 g/mol. The van der Waals surface area contributed by atoms with Gasteiger partial charge >= 0.3 is 0 Å². The first-order chi connectivity index (χ1) is 7.33. The first-order valence-corrected chi connectivity index (χ1v) is 4.77. The quantitative estimate of drug-likeness (QED) is 0.746. The van der Waals surface area contributed by atoms with E-state index >= 15 is 0 Å². The molecule has 0 aliphatic rings. The Morgan fingerprint density at radius 3 is 3.07 bits per heavy atom. The van der Waals surface area contributed by atoms with Crippen LogP contribution in [0.1, 0.15) is 13.3 Å². The van der Waals surface area contributed by atoms with Crippen molar-refractivity contribution in [1.29, 1.82) is 0 Å². The number of fused-ring (bicyclic) bond motifs is 1. The lowest BCUT2D eigenvalue weighted by molar-refractivity contribution is 0.681. The molecule has 0 aromatic carbocycles. The number of hydrogen-bond acceptors (Lipinski definition) is 5.